The number of halogens is 1. The van der Waals surface area contributed by atoms with Crippen LogP contribution in [0.4, 0.5) is 10.6 Å². The molecule has 13 nitrogen and oxygen atoms in total. The summed E-state index contributed by atoms with van der Waals surface area (Å²) in [5, 5.41) is 12.9. The number of benzene rings is 1. The average molecular weight is 783 g/mol. The van der Waals surface area contributed by atoms with Gasteiger partial charge >= 0.3 is 6.09 Å². The molecule has 5 rings (SSSR count). The van der Waals surface area contributed by atoms with Gasteiger partial charge in [0.1, 0.15) is 41.7 Å². The van der Waals surface area contributed by atoms with Crippen molar-refractivity contribution in [2.75, 3.05) is 84.3 Å². The molecule has 1 aliphatic carbocycles. The van der Waals surface area contributed by atoms with Gasteiger partial charge in [0.2, 0.25) is 0 Å². The van der Waals surface area contributed by atoms with Gasteiger partial charge in [0.15, 0.2) is 0 Å². The molecule has 2 amide bonds. The van der Waals surface area contributed by atoms with Crippen molar-refractivity contribution in [3.8, 4) is 17.6 Å². The highest BCUT2D eigenvalue weighted by Crippen LogP contribution is 2.55. The number of nitrogens with zero attached hydrogens (tertiary/aromatic N) is 5. The van der Waals surface area contributed by atoms with Gasteiger partial charge in [-0.05, 0) is 51.7 Å². The van der Waals surface area contributed by atoms with Crippen molar-refractivity contribution in [1.29, 1.82) is 5.26 Å². The van der Waals surface area contributed by atoms with Crippen LogP contribution in [0.2, 0.25) is 5.02 Å². The number of piperazine rings is 1. The lowest BCUT2D eigenvalue weighted by Gasteiger charge is -2.63. The molecule has 3 fully saturated rings. The van der Waals surface area contributed by atoms with E-state index in [1.54, 1.807) is 36.4 Å². The molecular weight excluding hydrogens is 724 g/mol. The van der Waals surface area contributed by atoms with Crippen molar-refractivity contribution in [2.45, 2.75) is 79.1 Å². The predicted molar refractivity (Wildman–Crippen MR) is 211 cm³/mol. The lowest BCUT2D eigenvalue weighted by atomic mass is 9.49. The minimum atomic E-state index is -0.495. The fourth-order valence-corrected chi connectivity index (χ4v) is 8.51. The second kappa shape index (κ2) is 18.0. The Balaban J connectivity index is 1.20. The van der Waals surface area contributed by atoms with Crippen LogP contribution in [0, 0.1) is 28.1 Å². The Morgan fingerprint density at radius 2 is 1.65 bits per heavy atom. The number of nitrogens with one attached hydrogen (secondary N) is 1. The molecule has 0 bridgehead atoms. The molecular formula is C41H59ClN6O7. The number of piperidine rings is 1. The fourth-order valence-electron chi connectivity index (χ4n) is 8.30. The Kier molecular flexibility index (Phi) is 13.8. The zero-order chi connectivity index (χ0) is 40.0. The van der Waals surface area contributed by atoms with E-state index in [0.29, 0.717) is 66.5 Å². The van der Waals surface area contributed by atoms with Gasteiger partial charge in [-0.2, -0.15) is 5.26 Å². The summed E-state index contributed by atoms with van der Waals surface area (Å²) < 4.78 is 28.9. The molecule has 1 saturated carbocycles. The van der Waals surface area contributed by atoms with Crippen molar-refractivity contribution < 1.29 is 33.3 Å². The van der Waals surface area contributed by atoms with Crippen LogP contribution in [-0.2, 0) is 14.2 Å². The van der Waals surface area contributed by atoms with Crippen LogP contribution in [0.3, 0.4) is 0 Å². The number of hydrogen-bond donors (Lipinski definition) is 1. The van der Waals surface area contributed by atoms with Gasteiger partial charge in [0.05, 0.1) is 36.0 Å². The second-order valence-electron chi connectivity index (χ2n) is 17.0. The number of methoxy groups -OCH3 is 1. The summed E-state index contributed by atoms with van der Waals surface area (Å²) in [4.78, 5) is 37.8. The van der Waals surface area contributed by atoms with Gasteiger partial charge in [-0.1, -0.05) is 39.3 Å². The Bertz CT molecular complexity index is 1660. The molecule has 2 aromatic rings. The molecule has 3 aliphatic rings. The van der Waals surface area contributed by atoms with E-state index in [0.717, 1.165) is 51.4 Å². The van der Waals surface area contributed by atoms with Crippen LogP contribution in [0.1, 0.15) is 77.2 Å². The van der Waals surface area contributed by atoms with Gasteiger partial charge in [-0.15, -0.1) is 0 Å². The first-order chi connectivity index (χ1) is 26.0. The van der Waals surface area contributed by atoms with Crippen LogP contribution in [-0.4, -0.2) is 124 Å². The summed E-state index contributed by atoms with van der Waals surface area (Å²) in [6, 6.07) is 8.78. The van der Waals surface area contributed by atoms with Gasteiger partial charge in [-0.3, -0.25) is 9.69 Å². The van der Waals surface area contributed by atoms with Gasteiger partial charge in [-0.25, -0.2) is 9.78 Å². The van der Waals surface area contributed by atoms with Crippen molar-refractivity contribution in [3.63, 3.8) is 0 Å². The molecule has 14 heteroatoms. The van der Waals surface area contributed by atoms with Crippen LogP contribution < -0.4 is 19.7 Å². The number of amides is 2. The molecule has 2 saturated heterocycles. The van der Waals surface area contributed by atoms with Crippen LogP contribution >= 0.6 is 11.6 Å². The number of hydrogen-bond acceptors (Lipinski definition) is 11. The molecule has 2 aliphatic heterocycles. The van der Waals surface area contributed by atoms with Gasteiger partial charge in [0.25, 0.3) is 5.91 Å². The third kappa shape index (κ3) is 10.5. The standard InChI is InChI=1S/C41H59ClN6O7/c1-39(2,3)55-38(50)48-17-15-46(16-18-48)27-28-11-13-47(14-12-28)34-24-33(53-22-21-52-20-19-51-8)31(26-44-34)35(49)45-36-40(4,5)37(41(36,6)7)54-30-10-9-29(25-43)32(42)23-30/h9-10,23-24,26,28,36-37H,11-22,27H2,1-8H3,(H,45,49). The normalized spacial score (nSPS) is 21.3. The van der Waals surface area contributed by atoms with Crippen molar-refractivity contribution in [1.82, 2.24) is 20.1 Å². The molecule has 0 spiro atoms. The summed E-state index contributed by atoms with van der Waals surface area (Å²) in [7, 11) is 1.63. The lowest BCUT2D eigenvalue weighted by Crippen LogP contribution is -2.74. The molecule has 1 aromatic carbocycles. The number of rotatable bonds is 14. The fraction of sp³-hybridized carbons (Fsp3) is 0.659. The minimum Gasteiger partial charge on any atom is -0.490 e. The minimum absolute atomic E-state index is 0.226. The molecule has 0 unspecified atom stereocenters. The van der Waals surface area contributed by atoms with E-state index in [1.807, 2.05) is 26.8 Å². The summed E-state index contributed by atoms with van der Waals surface area (Å²) in [5.74, 6) is 2.08. The predicted octanol–water partition coefficient (Wildman–Crippen LogP) is 6.03. The number of nitriles is 1. The molecule has 302 valence electrons. The van der Waals surface area contributed by atoms with Crippen LogP contribution in [0.15, 0.2) is 30.5 Å². The highest BCUT2D eigenvalue weighted by molar-refractivity contribution is 6.31. The molecule has 1 N–H and O–H groups in total. The average Bonchev–Trinajstić information content (AvgIpc) is 3.14. The second-order valence-corrected chi connectivity index (χ2v) is 17.4. The van der Waals surface area contributed by atoms with E-state index in [9.17, 15) is 14.9 Å². The molecule has 3 heterocycles. The maximum atomic E-state index is 14.0. The summed E-state index contributed by atoms with van der Waals surface area (Å²) >= 11 is 6.28. The third-order valence-corrected chi connectivity index (χ3v) is 11.2. The zero-order valence-corrected chi connectivity index (χ0v) is 34.5. The Labute approximate surface area is 331 Å². The van der Waals surface area contributed by atoms with Crippen molar-refractivity contribution in [3.05, 3.63) is 46.6 Å². The number of anilines is 1. The number of pyridine rings is 1. The SMILES string of the molecule is COCCOCCOc1cc(N2CCC(CN3CCN(C(=O)OC(C)(C)C)CC3)CC2)ncc1C(=O)NC1C(C)(C)C(Oc2ccc(C#N)c(Cl)c2)C1(C)C. The molecule has 0 radical (unpaired) electrons. The van der Waals surface area contributed by atoms with Crippen molar-refractivity contribution >= 4 is 29.4 Å². The lowest BCUT2D eigenvalue weighted by molar-refractivity contribution is -0.164. The van der Waals surface area contributed by atoms with E-state index in [2.05, 4.69) is 48.9 Å². The van der Waals surface area contributed by atoms with Gasteiger partial charge < -0.3 is 38.8 Å². The van der Waals surface area contributed by atoms with E-state index in [-0.39, 0.29) is 30.8 Å². The topological polar surface area (TPSA) is 139 Å². The summed E-state index contributed by atoms with van der Waals surface area (Å²) in [6.07, 6.45) is 3.18. The van der Waals surface area contributed by atoms with E-state index >= 15 is 0 Å². The van der Waals surface area contributed by atoms with E-state index in [1.165, 1.54) is 0 Å². The maximum Gasteiger partial charge on any atom is 0.410 e. The highest BCUT2D eigenvalue weighted by atomic mass is 35.5. The number of carbonyl (C=O) groups excluding carboxylic acids is 2. The quantitative estimate of drug-likeness (QED) is 0.225. The Morgan fingerprint density at radius 3 is 2.27 bits per heavy atom. The first kappa shape index (κ1) is 42.3. The first-order valence-electron chi connectivity index (χ1n) is 19.4. The largest absolute Gasteiger partial charge is 0.490 e. The molecule has 55 heavy (non-hydrogen) atoms. The molecule has 0 atom stereocenters. The summed E-state index contributed by atoms with van der Waals surface area (Å²) in [6.45, 7) is 21.2. The zero-order valence-electron chi connectivity index (χ0n) is 33.8. The third-order valence-electron chi connectivity index (χ3n) is 10.9. The Hall–Kier alpha value is -3.83. The van der Waals surface area contributed by atoms with Crippen LogP contribution in [0.5, 0.6) is 11.5 Å². The van der Waals surface area contributed by atoms with Crippen molar-refractivity contribution in [2.24, 2.45) is 16.7 Å². The smallest absolute Gasteiger partial charge is 0.410 e. The monoisotopic (exact) mass is 782 g/mol. The maximum absolute atomic E-state index is 14.0. The highest BCUT2D eigenvalue weighted by Gasteiger charge is 2.64. The number of aromatic nitrogens is 1. The number of ether oxygens (including phenoxy) is 5. The van der Waals surface area contributed by atoms with E-state index in [4.69, 9.17) is 40.3 Å². The molecule has 1 aromatic heterocycles. The van der Waals surface area contributed by atoms with Gasteiger partial charge in [0, 0.05) is 88.1 Å². The van der Waals surface area contributed by atoms with E-state index < -0.39 is 16.4 Å². The summed E-state index contributed by atoms with van der Waals surface area (Å²) in [5.41, 5.74) is -0.613. The first-order valence-corrected chi connectivity index (χ1v) is 19.7. The van der Waals surface area contributed by atoms with Crippen LogP contribution in [0.25, 0.3) is 0 Å². The number of carbonyl (C=O) groups is 2. The Morgan fingerprint density at radius 1 is 0.982 bits per heavy atom.